The summed E-state index contributed by atoms with van der Waals surface area (Å²) in [5, 5.41) is 2.75. The van der Waals surface area contributed by atoms with Crippen molar-refractivity contribution in [1.82, 2.24) is 4.98 Å². The molecule has 0 saturated carbocycles. The van der Waals surface area contributed by atoms with E-state index in [4.69, 9.17) is 4.74 Å². The number of para-hydroxylation sites is 2. The van der Waals surface area contributed by atoms with Crippen molar-refractivity contribution in [1.29, 1.82) is 0 Å². The molecule has 0 spiro atoms. The fraction of sp³-hybridized carbons (Fsp3) is 0.111. The van der Waals surface area contributed by atoms with Crippen LogP contribution < -0.4 is 24.8 Å². The van der Waals surface area contributed by atoms with Crippen LogP contribution >= 0.6 is 22.7 Å². The van der Waals surface area contributed by atoms with Gasteiger partial charge in [0.25, 0.3) is 11.5 Å². The number of nitrogens with one attached hydrogen (secondary N) is 2. The molecule has 25 heavy (non-hydrogen) atoms. The number of carbonyl (C=O) groups is 1. The summed E-state index contributed by atoms with van der Waals surface area (Å²) in [5.41, 5.74) is 0.374. The van der Waals surface area contributed by atoms with Crippen LogP contribution in [0.5, 0.6) is 5.75 Å². The number of H-pyrrole nitrogens is 1. The van der Waals surface area contributed by atoms with Crippen molar-refractivity contribution < 1.29 is 9.53 Å². The number of aromatic nitrogens is 1. The normalized spacial score (nSPS) is 12.4. The average Bonchev–Trinajstić information content (AvgIpc) is 3.14. The van der Waals surface area contributed by atoms with Gasteiger partial charge in [-0.3, -0.25) is 9.59 Å². The van der Waals surface area contributed by atoms with Gasteiger partial charge in [-0.1, -0.05) is 12.1 Å². The van der Waals surface area contributed by atoms with Crippen molar-refractivity contribution >= 4 is 46.4 Å². The summed E-state index contributed by atoms with van der Waals surface area (Å²) in [6.45, 7) is 2.02. The summed E-state index contributed by atoms with van der Waals surface area (Å²) >= 11 is 2.86. The number of amides is 1. The van der Waals surface area contributed by atoms with Gasteiger partial charge in [0.1, 0.15) is 10.4 Å². The Balaban J connectivity index is 1.87. The van der Waals surface area contributed by atoms with Gasteiger partial charge in [0.05, 0.1) is 17.3 Å². The van der Waals surface area contributed by atoms with Crippen molar-refractivity contribution in [3.8, 4) is 5.75 Å². The molecule has 2 N–H and O–H groups in total. The summed E-state index contributed by atoms with van der Waals surface area (Å²) in [6.07, 6.45) is 3.20. The van der Waals surface area contributed by atoms with Gasteiger partial charge in [0.15, 0.2) is 0 Å². The fourth-order valence-corrected chi connectivity index (χ4v) is 3.99. The highest BCUT2D eigenvalue weighted by atomic mass is 32.1. The first-order valence-corrected chi connectivity index (χ1v) is 9.11. The molecule has 0 bridgehead atoms. The van der Waals surface area contributed by atoms with Gasteiger partial charge < -0.3 is 15.0 Å². The molecular formula is C18H16N2O3S2. The third kappa shape index (κ3) is 4.26. The molecule has 3 rings (SSSR count). The highest BCUT2D eigenvalue weighted by Gasteiger charge is 2.05. The van der Waals surface area contributed by atoms with Crippen LogP contribution in [0.25, 0.3) is 12.2 Å². The van der Waals surface area contributed by atoms with E-state index in [0.717, 1.165) is 4.88 Å². The molecule has 0 aliphatic carbocycles. The summed E-state index contributed by atoms with van der Waals surface area (Å²) in [7, 11) is 1.54. The number of thiophene rings is 1. The van der Waals surface area contributed by atoms with Crippen molar-refractivity contribution in [3.05, 3.63) is 65.7 Å². The number of benzene rings is 1. The fourth-order valence-electron chi connectivity index (χ4n) is 2.22. The van der Waals surface area contributed by atoms with E-state index >= 15 is 0 Å². The monoisotopic (exact) mass is 372 g/mol. The van der Waals surface area contributed by atoms with Crippen LogP contribution in [0.3, 0.4) is 0 Å². The highest BCUT2D eigenvalue weighted by molar-refractivity contribution is 7.13. The van der Waals surface area contributed by atoms with Crippen molar-refractivity contribution in [2.24, 2.45) is 0 Å². The van der Waals surface area contributed by atoms with E-state index in [1.807, 2.05) is 31.2 Å². The van der Waals surface area contributed by atoms with E-state index in [0.29, 0.717) is 20.6 Å². The van der Waals surface area contributed by atoms with Gasteiger partial charge in [-0.25, -0.2) is 0 Å². The van der Waals surface area contributed by atoms with Crippen LogP contribution in [0.1, 0.15) is 9.75 Å². The lowest BCUT2D eigenvalue weighted by molar-refractivity contribution is -0.110. The van der Waals surface area contributed by atoms with Crippen LogP contribution in [-0.4, -0.2) is 18.0 Å². The Labute approximate surface area is 151 Å². The smallest absolute Gasteiger partial charge is 0.266 e. The minimum atomic E-state index is -0.333. The molecule has 0 saturated heterocycles. The molecule has 3 aromatic rings. The minimum Gasteiger partial charge on any atom is -0.495 e. The van der Waals surface area contributed by atoms with Crippen molar-refractivity contribution in [2.75, 3.05) is 12.4 Å². The maximum absolute atomic E-state index is 12.2. The van der Waals surface area contributed by atoms with Gasteiger partial charge in [0.2, 0.25) is 0 Å². The van der Waals surface area contributed by atoms with E-state index in [-0.39, 0.29) is 11.5 Å². The largest absolute Gasteiger partial charge is 0.495 e. The van der Waals surface area contributed by atoms with E-state index in [2.05, 4.69) is 10.3 Å². The number of anilines is 1. The third-order valence-corrected chi connectivity index (χ3v) is 5.25. The van der Waals surface area contributed by atoms with Gasteiger partial charge in [-0.2, -0.15) is 0 Å². The van der Waals surface area contributed by atoms with Crippen LogP contribution in [-0.2, 0) is 4.79 Å². The molecule has 128 valence electrons. The lowest BCUT2D eigenvalue weighted by Crippen LogP contribution is -2.20. The standard InChI is InChI=1S/C18H16N2O3S2/c1-11-7-8-12(24-11)9-15-18(22)20-17(25-15)10-16(21)19-13-5-3-4-6-14(13)23-2/h3-10H,1-2H3,(H,19,21)(H,20,22). The molecule has 0 radical (unpaired) electrons. The molecule has 0 atom stereocenters. The maximum Gasteiger partial charge on any atom is 0.266 e. The summed E-state index contributed by atoms with van der Waals surface area (Å²) in [4.78, 5) is 29.1. The number of thiazole rings is 1. The number of methoxy groups -OCH3 is 1. The Bertz CT molecular complexity index is 1080. The van der Waals surface area contributed by atoms with Gasteiger partial charge in [-0.15, -0.1) is 22.7 Å². The summed E-state index contributed by atoms with van der Waals surface area (Å²) in [5.74, 6) is 0.242. The molecule has 7 heteroatoms. The number of aromatic amines is 1. The third-order valence-electron chi connectivity index (χ3n) is 3.34. The topological polar surface area (TPSA) is 71.2 Å². The van der Waals surface area contributed by atoms with Crippen LogP contribution in [0.2, 0.25) is 0 Å². The number of rotatable bonds is 4. The second kappa shape index (κ2) is 7.50. The van der Waals surface area contributed by atoms with Gasteiger partial charge >= 0.3 is 0 Å². The quantitative estimate of drug-likeness (QED) is 0.736. The zero-order valence-corrected chi connectivity index (χ0v) is 15.3. The second-order valence-electron chi connectivity index (χ2n) is 5.21. The number of hydrogen-bond acceptors (Lipinski definition) is 5. The van der Waals surface area contributed by atoms with E-state index in [9.17, 15) is 9.59 Å². The molecule has 0 fully saturated rings. The molecule has 0 aliphatic heterocycles. The first-order chi connectivity index (χ1) is 12.0. The number of aryl methyl sites for hydroxylation is 1. The van der Waals surface area contributed by atoms with Gasteiger partial charge in [0, 0.05) is 15.8 Å². The molecule has 2 aromatic heterocycles. The van der Waals surface area contributed by atoms with Crippen LogP contribution in [0, 0.1) is 6.92 Å². The predicted molar refractivity (Wildman–Crippen MR) is 103 cm³/mol. The Morgan fingerprint density at radius 3 is 2.72 bits per heavy atom. The molecule has 5 nitrogen and oxygen atoms in total. The lowest BCUT2D eigenvalue weighted by atomic mass is 10.3. The number of hydrogen-bond donors (Lipinski definition) is 2. The highest BCUT2D eigenvalue weighted by Crippen LogP contribution is 2.22. The molecule has 0 unspecified atom stereocenters. The van der Waals surface area contributed by atoms with E-state index in [1.165, 1.54) is 22.3 Å². The maximum atomic E-state index is 12.2. The number of carbonyl (C=O) groups excluding carboxylic acids is 1. The van der Waals surface area contributed by atoms with Crippen LogP contribution in [0.4, 0.5) is 5.69 Å². The Kier molecular flexibility index (Phi) is 5.16. The first-order valence-electron chi connectivity index (χ1n) is 7.48. The Hall–Kier alpha value is -2.64. The molecule has 1 aromatic carbocycles. The zero-order chi connectivity index (χ0) is 17.8. The lowest BCUT2D eigenvalue weighted by Gasteiger charge is -2.07. The molecular weight excluding hydrogens is 356 g/mol. The summed E-state index contributed by atoms with van der Waals surface area (Å²) < 4.78 is 6.27. The summed E-state index contributed by atoms with van der Waals surface area (Å²) in [6, 6.07) is 11.1. The predicted octanol–water partition coefficient (Wildman–Crippen LogP) is 2.06. The van der Waals surface area contributed by atoms with Crippen LogP contribution in [0.15, 0.2) is 41.2 Å². The number of ether oxygens (including phenoxy) is 1. The van der Waals surface area contributed by atoms with E-state index in [1.54, 1.807) is 36.6 Å². The second-order valence-corrected chi connectivity index (χ2v) is 7.61. The minimum absolute atomic E-state index is 0.201. The van der Waals surface area contributed by atoms with E-state index < -0.39 is 0 Å². The van der Waals surface area contributed by atoms with Crippen molar-refractivity contribution in [3.63, 3.8) is 0 Å². The first kappa shape index (κ1) is 17.2. The Morgan fingerprint density at radius 2 is 2.00 bits per heavy atom. The molecule has 1 amide bonds. The Morgan fingerprint density at radius 1 is 1.20 bits per heavy atom. The molecule has 0 aliphatic rings. The zero-order valence-electron chi connectivity index (χ0n) is 13.7. The SMILES string of the molecule is COc1ccccc1NC(=O)C=c1[nH]c(=O)c(=Cc2ccc(C)s2)s1. The average molecular weight is 372 g/mol. The van der Waals surface area contributed by atoms with Crippen molar-refractivity contribution in [2.45, 2.75) is 6.92 Å². The molecule has 2 heterocycles. The van der Waals surface area contributed by atoms with Gasteiger partial charge in [-0.05, 0) is 37.3 Å².